The number of hydrogen-bond donors (Lipinski definition) is 1. The quantitative estimate of drug-likeness (QED) is 0.523. The molecule has 2 saturated carbocycles. The first-order chi connectivity index (χ1) is 12.2. The molecular formula is C20H28O6. The van der Waals surface area contributed by atoms with E-state index in [1.807, 2.05) is 0 Å². The second-order valence-electron chi connectivity index (χ2n) is 9.75. The smallest absolute Gasteiger partial charge is 0.320 e. The minimum atomic E-state index is -1.05. The van der Waals surface area contributed by atoms with E-state index in [9.17, 15) is 14.7 Å². The summed E-state index contributed by atoms with van der Waals surface area (Å²) in [7, 11) is 0. The van der Waals surface area contributed by atoms with Crippen LogP contribution in [0, 0.1) is 22.7 Å². The predicted octanol–water partition coefficient (Wildman–Crippen LogP) is 1.97. The minimum absolute atomic E-state index is 0.0181. The van der Waals surface area contributed by atoms with Gasteiger partial charge < -0.3 is 19.3 Å². The molecule has 6 heteroatoms. The molecule has 3 heterocycles. The lowest BCUT2D eigenvalue weighted by Crippen LogP contribution is -2.67. The Morgan fingerprint density at radius 3 is 2.62 bits per heavy atom. The lowest BCUT2D eigenvalue weighted by molar-refractivity contribution is -0.247. The summed E-state index contributed by atoms with van der Waals surface area (Å²) in [5, 5.41) is 9.90. The molecular weight excluding hydrogens is 336 g/mol. The highest BCUT2D eigenvalue weighted by molar-refractivity contribution is 6.06. The Labute approximate surface area is 153 Å². The van der Waals surface area contributed by atoms with Gasteiger partial charge in [0, 0.05) is 24.2 Å². The summed E-state index contributed by atoms with van der Waals surface area (Å²) in [4.78, 5) is 25.5. The van der Waals surface area contributed by atoms with Crippen LogP contribution in [-0.4, -0.2) is 47.1 Å². The number of aliphatic hydroxyl groups is 1. The number of carbonyl (C=O) groups excluding carboxylic acids is 2. The normalized spacial score (nSPS) is 58.5. The molecule has 0 radical (unpaired) electrons. The van der Waals surface area contributed by atoms with Crippen molar-refractivity contribution in [1.82, 2.24) is 0 Å². The fourth-order valence-corrected chi connectivity index (χ4v) is 7.29. The second kappa shape index (κ2) is 4.89. The lowest BCUT2D eigenvalue weighted by atomic mass is 9.44. The number of esters is 1. The van der Waals surface area contributed by atoms with Crippen LogP contribution in [0.5, 0.6) is 0 Å². The molecule has 2 spiro atoms. The molecule has 5 aliphatic rings. The highest BCUT2D eigenvalue weighted by Crippen LogP contribution is 2.70. The molecule has 5 rings (SSSR count). The zero-order chi connectivity index (χ0) is 18.5. The van der Waals surface area contributed by atoms with Crippen LogP contribution in [0.15, 0.2) is 0 Å². The van der Waals surface area contributed by atoms with E-state index in [4.69, 9.17) is 14.2 Å². The van der Waals surface area contributed by atoms with Crippen molar-refractivity contribution in [1.29, 1.82) is 0 Å². The van der Waals surface area contributed by atoms with Gasteiger partial charge in [0.15, 0.2) is 6.29 Å². The fraction of sp³-hybridized carbons (Fsp3) is 0.900. The molecule has 0 aromatic heterocycles. The fourth-order valence-electron chi connectivity index (χ4n) is 7.29. The molecule has 0 aromatic carbocycles. The Morgan fingerprint density at radius 2 is 1.92 bits per heavy atom. The number of fused-ring (bicyclic) bond motifs is 1. The zero-order valence-electron chi connectivity index (χ0n) is 15.7. The first-order valence-corrected chi connectivity index (χ1v) is 9.91. The van der Waals surface area contributed by atoms with Crippen molar-refractivity contribution in [2.24, 2.45) is 22.7 Å². The Kier molecular flexibility index (Phi) is 3.22. The number of carbonyl (C=O) groups is 2. The first-order valence-electron chi connectivity index (χ1n) is 9.91. The molecule has 3 aliphatic heterocycles. The van der Waals surface area contributed by atoms with E-state index in [1.165, 1.54) is 0 Å². The summed E-state index contributed by atoms with van der Waals surface area (Å²) in [5.74, 6) is -0.249. The van der Waals surface area contributed by atoms with E-state index < -0.39 is 22.9 Å². The number of aliphatic hydroxyl groups excluding tert-OH is 1. The third-order valence-corrected chi connectivity index (χ3v) is 8.60. The van der Waals surface area contributed by atoms with E-state index >= 15 is 0 Å². The average molecular weight is 364 g/mol. The van der Waals surface area contributed by atoms with Gasteiger partial charge in [0.2, 0.25) is 0 Å². The first kappa shape index (κ1) is 17.1. The van der Waals surface area contributed by atoms with E-state index in [1.54, 1.807) is 6.92 Å². The van der Waals surface area contributed by atoms with Gasteiger partial charge in [-0.1, -0.05) is 13.8 Å². The standard InChI is InChI=1S/C20H28O6/c1-11-8-12-15-17(2,5-4-13(21)18(15,3)16(23)25-12)20(11)7-6-19(26-20)9-14(22)24-10-19/h11-12,14-15,22H,4-10H2,1-3H3. The van der Waals surface area contributed by atoms with Gasteiger partial charge in [0.05, 0.1) is 17.8 Å². The van der Waals surface area contributed by atoms with Gasteiger partial charge in [0.25, 0.3) is 0 Å². The number of Topliss-reactive ketones (excluding diaryl/α,β-unsaturated/α-hetero) is 1. The molecule has 8 unspecified atom stereocenters. The SMILES string of the molecule is CC1CC2OC(=O)C3(C)C(=O)CCC(C)(C23)C12CCC1(COC(O)C1)O2. The average Bonchev–Trinajstić information content (AvgIpc) is 3.21. The summed E-state index contributed by atoms with van der Waals surface area (Å²) in [6, 6.07) is 0. The minimum Gasteiger partial charge on any atom is -0.461 e. The maximum Gasteiger partial charge on any atom is 0.320 e. The van der Waals surface area contributed by atoms with Crippen molar-refractivity contribution in [2.75, 3.05) is 6.61 Å². The van der Waals surface area contributed by atoms with Gasteiger partial charge in [-0.3, -0.25) is 9.59 Å². The summed E-state index contributed by atoms with van der Waals surface area (Å²) < 4.78 is 18.1. The number of rotatable bonds is 0. The summed E-state index contributed by atoms with van der Waals surface area (Å²) in [6.45, 7) is 6.60. The molecule has 3 saturated heterocycles. The summed E-state index contributed by atoms with van der Waals surface area (Å²) in [5.41, 5.74) is -2.20. The second-order valence-corrected chi connectivity index (χ2v) is 9.75. The zero-order valence-corrected chi connectivity index (χ0v) is 15.7. The third-order valence-electron chi connectivity index (χ3n) is 8.60. The van der Waals surface area contributed by atoms with Crippen LogP contribution < -0.4 is 0 Å². The van der Waals surface area contributed by atoms with Crippen LogP contribution >= 0.6 is 0 Å². The van der Waals surface area contributed by atoms with Crippen LogP contribution in [0.4, 0.5) is 0 Å². The lowest BCUT2D eigenvalue weighted by Gasteiger charge is -2.61. The van der Waals surface area contributed by atoms with Gasteiger partial charge >= 0.3 is 5.97 Å². The number of hydrogen-bond acceptors (Lipinski definition) is 6. The van der Waals surface area contributed by atoms with Crippen molar-refractivity contribution in [3.63, 3.8) is 0 Å². The summed E-state index contributed by atoms with van der Waals surface area (Å²) in [6.07, 6.45) is 3.11. The van der Waals surface area contributed by atoms with Crippen molar-refractivity contribution in [2.45, 2.75) is 82.9 Å². The van der Waals surface area contributed by atoms with Crippen LogP contribution in [0.2, 0.25) is 0 Å². The molecule has 0 aromatic rings. The van der Waals surface area contributed by atoms with Crippen LogP contribution in [0.25, 0.3) is 0 Å². The highest BCUT2D eigenvalue weighted by Gasteiger charge is 2.76. The Hall–Kier alpha value is -0.980. The van der Waals surface area contributed by atoms with Gasteiger partial charge in [-0.2, -0.15) is 0 Å². The maximum absolute atomic E-state index is 12.8. The van der Waals surface area contributed by atoms with Crippen molar-refractivity contribution in [3.05, 3.63) is 0 Å². The third kappa shape index (κ3) is 1.74. The molecule has 26 heavy (non-hydrogen) atoms. The van der Waals surface area contributed by atoms with E-state index in [0.29, 0.717) is 19.4 Å². The van der Waals surface area contributed by atoms with Crippen molar-refractivity contribution < 1.29 is 28.9 Å². The van der Waals surface area contributed by atoms with Crippen LogP contribution in [-0.2, 0) is 23.8 Å². The van der Waals surface area contributed by atoms with Crippen molar-refractivity contribution in [3.8, 4) is 0 Å². The van der Waals surface area contributed by atoms with Crippen molar-refractivity contribution >= 4 is 11.8 Å². The topological polar surface area (TPSA) is 82.1 Å². The molecule has 0 amide bonds. The largest absolute Gasteiger partial charge is 0.461 e. The molecule has 5 fully saturated rings. The molecule has 1 N–H and O–H groups in total. The molecule has 2 aliphatic carbocycles. The molecule has 0 bridgehead atoms. The Bertz CT molecular complexity index is 692. The Morgan fingerprint density at radius 1 is 1.15 bits per heavy atom. The van der Waals surface area contributed by atoms with Gasteiger partial charge in [0.1, 0.15) is 17.3 Å². The molecule has 144 valence electrons. The predicted molar refractivity (Wildman–Crippen MR) is 90.0 cm³/mol. The molecule has 8 atom stereocenters. The van der Waals surface area contributed by atoms with E-state index in [0.717, 1.165) is 25.7 Å². The Balaban J connectivity index is 1.60. The monoisotopic (exact) mass is 364 g/mol. The molecule has 6 nitrogen and oxygen atoms in total. The number of ketones is 1. The van der Waals surface area contributed by atoms with Crippen LogP contribution in [0.1, 0.15) is 59.3 Å². The van der Waals surface area contributed by atoms with Crippen LogP contribution in [0.3, 0.4) is 0 Å². The highest BCUT2D eigenvalue weighted by atomic mass is 16.6. The van der Waals surface area contributed by atoms with Gasteiger partial charge in [-0.05, 0) is 38.5 Å². The van der Waals surface area contributed by atoms with E-state index in [-0.39, 0.29) is 35.1 Å². The maximum atomic E-state index is 12.8. The van der Waals surface area contributed by atoms with Gasteiger partial charge in [-0.15, -0.1) is 0 Å². The number of ether oxygens (including phenoxy) is 3. The van der Waals surface area contributed by atoms with E-state index in [2.05, 4.69) is 13.8 Å². The summed E-state index contributed by atoms with van der Waals surface area (Å²) >= 11 is 0. The van der Waals surface area contributed by atoms with Gasteiger partial charge in [-0.25, -0.2) is 0 Å².